The lowest BCUT2D eigenvalue weighted by molar-refractivity contribution is -0.516. The number of ether oxygens (including phenoxy) is 4. The molecule has 170 valence electrons. The minimum atomic E-state index is 0. The summed E-state index contributed by atoms with van der Waals surface area (Å²) in [7, 11) is 0. The second-order valence-electron chi connectivity index (χ2n) is 7.31. The number of aromatic nitrogens is 1. The average Bonchev–Trinajstić information content (AvgIpc) is 2.76. The third kappa shape index (κ3) is 4.22. The molecule has 0 N–H and O–H groups in total. The zero-order chi connectivity index (χ0) is 22.0. The molecule has 0 fully saturated rings. The fraction of sp³-hybridized carbons (Fsp3) is 0.346. The molecule has 2 heterocycles. The molecule has 0 bridgehead atoms. The van der Waals surface area contributed by atoms with Gasteiger partial charge in [-0.25, -0.2) is 0 Å². The number of halogens is 1. The van der Waals surface area contributed by atoms with Crippen molar-refractivity contribution < 1.29 is 35.8 Å². The average molecular weight is 456 g/mol. The van der Waals surface area contributed by atoms with Gasteiger partial charge in [0.2, 0.25) is 5.52 Å². The summed E-state index contributed by atoms with van der Waals surface area (Å²) in [6, 6.07) is 12.6. The van der Waals surface area contributed by atoms with Crippen molar-refractivity contribution in [3.63, 3.8) is 0 Å². The summed E-state index contributed by atoms with van der Waals surface area (Å²) < 4.78 is 25.6. The fourth-order valence-corrected chi connectivity index (χ4v) is 4.10. The molecular formula is C26H30ClNO4. The smallest absolute Gasteiger partial charge is 0.219 e. The van der Waals surface area contributed by atoms with Crippen LogP contribution in [0.3, 0.4) is 0 Å². The first-order valence-corrected chi connectivity index (χ1v) is 11.0. The summed E-state index contributed by atoms with van der Waals surface area (Å²) in [6.45, 7) is 12.4. The maximum atomic E-state index is 5.89. The second-order valence-corrected chi connectivity index (χ2v) is 7.31. The van der Waals surface area contributed by atoms with E-state index < -0.39 is 0 Å². The van der Waals surface area contributed by atoms with Gasteiger partial charge in [0.25, 0.3) is 0 Å². The molecule has 5 nitrogen and oxygen atoms in total. The van der Waals surface area contributed by atoms with E-state index in [-0.39, 0.29) is 12.4 Å². The Balaban J connectivity index is 0.00000289. The largest absolute Gasteiger partial charge is 1.00 e. The van der Waals surface area contributed by atoms with E-state index in [2.05, 4.69) is 53.9 Å². The quantitative estimate of drug-likeness (QED) is 0.233. The Morgan fingerprint density at radius 1 is 0.625 bits per heavy atom. The second kappa shape index (κ2) is 10.1. The van der Waals surface area contributed by atoms with Crippen LogP contribution in [-0.2, 0) is 0 Å². The van der Waals surface area contributed by atoms with E-state index in [1.807, 2.05) is 27.7 Å². The highest BCUT2D eigenvalue weighted by Gasteiger charge is 2.19. The minimum absolute atomic E-state index is 0. The van der Waals surface area contributed by atoms with E-state index in [0.29, 0.717) is 26.4 Å². The van der Waals surface area contributed by atoms with Gasteiger partial charge in [-0.2, -0.15) is 4.40 Å². The lowest BCUT2D eigenvalue weighted by Crippen LogP contribution is -3.00. The summed E-state index contributed by atoms with van der Waals surface area (Å²) in [4.78, 5) is 0. The van der Waals surface area contributed by atoms with Crippen molar-refractivity contribution in [1.82, 2.24) is 0 Å². The van der Waals surface area contributed by atoms with Crippen LogP contribution in [-0.4, -0.2) is 26.4 Å². The summed E-state index contributed by atoms with van der Waals surface area (Å²) in [5.41, 5.74) is 2.25. The Morgan fingerprint density at radius 2 is 1.09 bits per heavy atom. The molecule has 32 heavy (non-hydrogen) atoms. The highest BCUT2D eigenvalue weighted by Crippen LogP contribution is 2.37. The number of aryl methyl sites for hydroxylation is 1. The van der Waals surface area contributed by atoms with Gasteiger partial charge in [0.15, 0.2) is 34.9 Å². The molecule has 0 amide bonds. The molecule has 4 rings (SSSR count). The van der Waals surface area contributed by atoms with E-state index in [9.17, 15) is 0 Å². The van der Waals surface area contributed by atoms with Crippen molar-refractivity contribution in [3.05, 3.63) is 48.3 Å². The predicted octanol–water partition coefficient (Wildman–Crippen LogP) is 2.64. The van der Waals surface area contributed by atoms with Gasteiger partial charge < -0.3 is 31.4 Å². The molecule has 0 saturated carbocycles. The number of nitrogens with zero attached hydrogens (tertiary/aromatic N) is 1. The first kappa shape index (κ1) is 23.7. The molecule has 0 spiro atoms. The fourth-order valence-electron chi connectivity index (χ4n) is 4.10. The number of fused-ring (bicyclic) bond motifs is 4. The molecular weight excluding hydrogens is 426 g/mol. The predicted molar refractivity (Wildman–Crippen MR) is 124 cm³/mol. The third-order valence-corrected chi connectivity index (χ3v) is 5.41. The van der Waals surface area contributed by atoms with Crippen LogP contribution >= 0.6 is 0 Å². The van der Waals surface area contributed by atoms with Gasteiger partial charge in [-0.1, -0.05) is 0 Å². The molecule has 0 radical (unpaired) electrons. The van der Waals surface area contributed by atoms with Crippen LogP contribution in [0, 0.1) is 6.92 Å². The Morgan fingerprint density at radius 3 is 1.62 bits per heavy atom. The van der Waals surface area contributed by atoms with Crippen LogP contribution < -0.4 is 35.8 Å². The normalized spacial score (nSPS) is 10.9. The number of hydrogen-bond acceptors (Lipinski definition) is 4. The van der Waals surface area contributed by atoms with Crippen molar-refractivity contribution in [2.45, 2.75) is 34.6 Å². The summed E-state index contributed by atoms with van der Waals surface area (Å²) in [5, 5.41) is 4.48. The monoisotopic (exact) mass is 455 g/mol. The zero-order valence-electron chi connectivity index (χ0n) is 19.3. The number of rotatable bonds is 8. The number of hydrogen-bond donors (Lipinski definition) is 0. The molecule has 2 aromatic carbocycles. The van der Waals surface area contributed by atoms with Gasteiger partial charge in [0.05, 0.1) is 37.2 Å². The van der Waals surface area contributed by atoms with Crippen molar-refractivity contribution in [1.29, 1.82) is 0 Å². The number of pyridine rings is 2. The topological polar surface area (TPSA) is 41.0 Å². The Bertz CT molecular complexity index is 1260. The van der Waals surface area contributed by atoms with Crippen molar-refractivity contribution >= 4 is 27.1 Å². The Hall–Kier alpha value is -2.92. The zero-order valence-corrected chi connectivity index (χ0v) is 20.1. The van der Waals surface area contributed by atoms with Gasteiger partial charge in [0.1, 0.15) is 0 Å². The van der Waals surface area contributed by atoms with Crippen LogP contribution in [0.25, 0.3) is 27.1 Å². The highest BCUT2D eigenvalue weighted by atomic mass is 35.5. The Labute approximate surface area is 195 Å². The third-order valence-electron chi connectivity index (χ3n) is 5.41. The lowest BCUT2D eigenvalue weighted by Gasteiger charge is -2.14. The van der Waals surface area contributed by atoms with E-state index in [1.54, 1.807) is 0 Å². The van der Waals surface area contributed by atoms with Crippen molar-refractivity contribution in [3.8, 4) is 23.0 Å². The summed E-state index contributed by atoms with van der Waals surface area (Å²) in [6.07, 6.45) is 2.11. The van der Waals surface area contributed by atoms with Crippen molar-refractivity contribution in [2.75, 3.05) is 26.4 Å². The molecule has 0 atom stereocenters. The van der Waals surface area contributed by atoms with Crippen LogP contribution in [0.5, 0.6) is 23.0 Å². The van der Waals surface area contributed by atoms with Gasteiger partial charge in [-0.05, 0) is 62.7 Å². The maximum Gasteiger partial charge on any atom is 0.219 e. The Kier molecular flexibility index (Phi) is 7.52. The first-order valence-electron chi connectivity index (χ1n) is 11.0. The molecule has 6 heteroatoms. The van der Waals surface area contributed by atoms with Gasteiger partial charge >= 0.3 is 0 Å². The van der Waals surface area contributed by atoms with Gasteiger partial charge in [0, 0.05) is 19.1 Å². The van der Waals surface area contributed by atoms with Crippen LogP contribution in [0.1, 0.15) is 33.4 Å². The molecule has 0 unspecified atom stereocenters. The molecule has 0 saturated heterocycles. The number of benzene rings is 2. The molecule has 4 aromatic rings. The highest BCUT2D eigenvalue weighted by molar-refractivity contribution is 6.00. The van der Waals surface area contributed by atoms with E-state index in [0.717, 1.165) is 55.8 Å². The van der Waals surface area contributed by atoms with E-state index in [4.69, 9.17) is 18.9 Å². The molecule has 0 aliphatic rings. The van der Waals surface area contributed by atoms with Crippen LogP contribution in [0.4, 0.5) is 0 Å². The SMILES string of the molecule is CCOc1cc2cc3c4cc(OCC)c(OCC)cc4cc[n+]3c(C)c2cc1OCC.[Cl-]. The molecule has 0 aliphatic carbocycles. The van der Waals surface area contributed by atoms with E-state index in [1.165, 1.54) is 0 Å². The van der Waals surface area contributed by atoms with Gasteiger partial charge in [-0.3, -0.25) is 0 Å². The van der Waals surface area contributed by atoms with Crippen LogP contribution in [0.15, 0.2) is 42.6 Å². The summed E-state index contributed by atoms with van der Waals surface area (Å²) in [5.74, 6) is 3.10. The van der Waals surface area contributed by atoms with Gasteiger partial charge in [-0.15, -0.1) is 0 Å². The minimum Gasteiger partial charge on any atom is -1.00 e. The standard InChI is InChI=1S/C26H30NO4.ClH/c1-6-28-23-13-18-10-11-27-17(5)20-15-25(30-8-3)24(29-7-2)14-19(20)12-22(27)21(18)16-26(23)31-9-4;/h10-16H,6-9H2,1-5H3;1H/q+1;/p-1. The molecule has 0 aliphatic heterocycles. The first-order chi connectivity index (χ1) is 15.1. The molecule has 2 aromatic heterocycles. The van der Waals surface area contributed by atoms with Crippen LogP contribution in [0.2, 0.25) is 0 Å². The van der Waals surface area contributed by atoms with E-state index >= 15 is 0 Å². The lowest BCUT2D eigenvalue weighted by atomic mass is 10.0. The van der Waals surface area contributed by atoms with Crippen molar-refractivity contribution in [2.24, 2.45) is 0 Å². The summed E-state index contributed by atoms with van der Waals surface area (Å²) >= 11 is 0. The maximum absolute atomic E-state index is 5.89.